The van der Waals surface area contributed by atoms with E-state index in [0.29, 0.717) is 5.92 Å². The van der Waals surface area contributed by atoms with Gasteiger partial charge in [-0.1, -0.05) is 24.3 Å². The highest BCUT2D eigenvalue weighted by Crippen LogP contribution is 2.39. The molecule has 4 heteroatoms. The van der Waals surface area contributed by atoms with Crippen molar-refractivity contribution in [1.29, 1.82) is 5.41 Å². The maximum atomic E-state index is 7.61. The summed E-state index contributed by atoms with van der Waals surface area (Å²) in [5.74, 6) is 1.91. The lowest BCUT2D eigenvalue weighted by Gasteiger charge is -2.11. The third-order valence-corrected chi connectivity index (χ3v) is 3.34. The van der Waals surface area contributed by atoms with E-state index in [0.717, 1.165) is 23.5 Å². The molecule has 0 radical (unpaired) electrons. The Kier molecular flexibility index (Phi) is 2.63. The molecule has 3 rings (SSSR count). The molecule has 1 aromatic carbocycles. The van der Waals surface area contributed by atoms with Gasteiger partial charge in [-0.2, -0.15) is 0 Å². The number of nitrogens with two attached hydrogens (primary N) is 1. The summed E-state index contributed by atoms with van der Waals surface area (Å²) in [6.45, 7) is 0.738. The Morgan fingerprint density at radius 2 is 2.17 bits per heavy atom. The smallest absolute Gasteiger partial charge is 0.123 e. The number of hydrogen-bond acceptors (Lipinski definition) is 2. The number of nitrogens with zero attached hydrogens (tertiary/aromatic N) is 2. The molecule has 0 amide bonds. The van der Waals surface area contributed by atoms with E-state index >= 15 is 0 Å². The minimum absolute atomic E-state index is 0.124. The summed E-state index contributed by atoms with van der Waals surface area (Å²) in [5, 5.41) is 7.61. The van der Waals surface area contributed by atoms with Crippen molar-refractivity contribution in [2.75, 3.05) is 0 Å². The molecule has 92 valence electrons. The van der Waals surface area contributed by atoms with Crippen molar-refractivity contribution in [1.82, 2.24) is 9.55 Å². The van der Waals surface area contributed by atoms with E-state index in [-0.39, 0.29) is 5.84 Å². The molecule has 0 bridgehead atoms. The van der Waals surface area contributed by atoms with Crippen LogP contribution in [0.5, 0.6) is 0 Å². The van der Waals surface area contributed by atoms with Gasteiger partial charge in [0.1, 0.15) is 11.7 Å². The Bertz CT molecular complexity index is 581. The minimum atomic E-state index is 0.124. The fourth-order valence-electron chi connectivity index (χ4n) is 2.26. The normalized spacial score (nSPS) is 14.7. The molecule has 18 heavy (non-hydrogen) atoms. The number of rotatable bonds is 4. The zero-order valence-electron chi connectivity index (χ0n) is 10.1. The molecule has 1 heterocycles. The van der Waals surface area contributed by atoms with Crippen LogP contribution < -0.4 is 5.73 Å². The van der Waals surface area contributed by atoms with Gasteiger partial charge in [-0.15, -0.1) is 0 Å². The van der Waals surface area contributed by atoms with Gasteiger partial charge >= 0.3 is 0 Å². The van der Waals surface area contributed by atoms with Gasteiger partial charge in [0.2, 0.25) is 0 Å². The van der Waals surface area contributed by atoms with E-state index in [1.54, 1.807) is 0 Å². The summed E-state index contributed by atoms with van der Waals surface area (Å²) in [6, 6.07) is 7.81. The number of imidazole rings is 1. The minimum Gasteiger partial charge on any atom is -0.384 e. The lowest BCUT2D eigenvalue weighted by atomic mass is 10.1. The Hall–Kier alpha value is -2.10. The number of aromatic nitrogens is 2. The first-order chi connectivity index (χ1) is 8.75. The van der Waals surface area contributed by atoms with Crippen molar-refractivity contribution >= 4 is 5.84 Å². The van der Waals surface area contributed by atoms with Gasteiger partial charge in [0.15, 0.2) is 0 Å². The molecular formula is C14H16N4. The SMILES string of the molecule is N=C(N)c1ccccc1Cn1ccnc1C1CC1. The molecule has 1 aromatic heterocycles. The van der Waals surface area contributed by atoms with Crippen molar-refractivity contribution in [3.8, 4) is 0 Å². The predicted octanol–water partition coefficient (Wildman–Crippen LogP) is 2.09. The van der Waals surface area contributed by atoms with Gasteiger partial charge in [0, 0.05) is 30.4 Å². The standard InChI is InChI=1S/C14H16N4/c15-13(16)12-4-2-1-3-11(12)9-18-8-7-17-14(18)10-5-6-10/h1-4,7-8,10H,5-6,9H2,(H3,15,16). The zero-order valence-corrected chi connectivity index (χ0v) is 10.1. The molecule has 1 fully saturated rings. The molecule has 1 aliphatic rings. The summed E-state index contributed by atoms with van der Waals surface area (Å²) in [4.78, 5) is 4.43. The van der Waals surface area contributed by atoms with Crippen molar-refractivity contribution < 1.29 is 0 Å². The summed E-state index contributed by atoms with van der Waals surface area (Å²) in [7, 11) is 0. The van der Waals surface area contributed by atoms with Crippen LogP contribution in [0, 0.1) is 5.41 Å². The molecule has 4 nitrogen and oxygen atoms in total. The third-order valence-electron chi connectivity index (χ3n) is 3.34. The number of hydrogen-bond donors (Lipinski definition) is 2. The van der Waals surface area contributed by atoms with Crippen LogP contribution in [0.15, 0.2) is 36.7 Å². The number of nitrogen functional groups attached to an aromatic ring is 1. The van der Waals surface area contributed by atoms with Crippen LogP contribution in [-0.4, -0.2) is 15.4 Å². The van der Waals surface area contributed by atoms with Gasteiger partial charge in [0.05, 0.1) is 0 Å². The zero-order chi connectivity index (χ0) is 12.5. The average Bonchev–Trinajstić information content (AvgIpc) is 3.11. The molecule has 1 aliphatic carbocycles. The molecule has 0 spiro atoms. The van der Waals surface area contributed by atoms with E-state index in [2.05, 4.69) is 9.55 Å². The Morgan fingerprint density at radius 3 is 2.89 bits per heavy atom. The lowest BCUT2D eigenvalue weighted by molar-refractivity contribution is 0.725. The van der Waals surface area contributed by atoms with Crippen molar-refractivity contribution in [2.24, 2.45) is 5.73 Å². The Labute approximate surface area is 106 Å². The molecule has 1 saturated carbocycles. The fraction of sp³-hybridized carbons (Fsp3) is 0.286. The first-order valence-corrected chi connectivity index (χ1v) is 6.19. The van der Waals surface area contributed by atoms with Crippen LogP contribution in [0.3, 0.4) is 0 Å². The van der Waals surface area contributed by atoms with Gasteiger partial charge in [-0.05, 0) is 18.4 Å². The van der Waals surface area contributed by atoms with Crippen LogP contribution in [-0.2, 0) is 6.54 Å². The van der Waals surface area contributed by atoms with Crippen LogP contribution in [0.4, 0.5) is 0 Å². The van der Waals surface area contributed by atoms with Gasteiger partial charge in [0.25, 0.3) is 0 Å². The van der Waals surface area contributed by atoms with Gasteiger partial charge < -0.3 is 10.3 Å². The van der Waals surface area contributed by atoms with Crippen LogP contribution in [0.1, 0.15) is 35.7 Å². The van der Waals surface area contributed by atoms with Crippen LogP contribution >= 0.6 is 0 Å². The monoisotopic (exact) mass is 240 g/mol. The highest BCUT2D eigenvalue weighted by atomic mass is 15.1. The predicted molar refractivity (Wildman–Crippen MR) is 70.8 cm³/mol. The molecule has 0 atom stereocenters. The molecule has 0 saturated heterocycles. The molecule has 2 aromatic rings. The number of amidine groups is 1. The summed E-state index contributed by atoms with van der Waals surface area (Å²) < 4.78 is 2.17. The highest BCUT2D eigenvalue weighted by Gasteiger charge is 2.27. The summed E-state index contributed by atoms with van der Waals surface area (Å²) in [5.41, 5.74) is 7.50. The maximum absolute atomic E-state index is 7.61. The second-order valence-electron chi connectivity index (χ2n) is 4.76. The molecular weight excluding hydrogens is 224 g/mol. The van der Waals surface area contributed by atoms with Crippen LogP contribution in [0.2, 0.25) is 0 Å². The van der Waals surface area contributed by atoms with Crippen molar-refractivity contribution in [3.63, 3.8) is 0 Å². The van der Waals surface area contributed by atoms with E-state index in [1.807, 2.05) is 36.7 Å². The Balaban J connectivity index is 1.92. The third kappa shape index (κ3) is 2.01. The second kappa shape index (κ2) is 4.29. The number of benzene rings is 1. The average molecular weight is 240 g/mol. The van der Waals surface area contributed by atoms with Gasteiger partial charge in [-0.3, -0.25) is 5.41 Å². The molecule has 0 unspecified atom stereocenters. The topological polar surface area (TPSA) is 67.7 Å². The van der Waals surface area contributed by atoms with E-state index < -0.39 is 0 Å². The fourth-order valence-corrected chi connectivity index (χ4v) is 2.26. The van der Waals surface area contributed by atoms with E-state index in [1.165, 1.54) is 12.8 Å². The van der Waals surface area contributed by atoms with E-state index in [9.17, 15) is 0 Å². The van der Waals surface area contributed by atoms with Crippen molar-refractivity contribution in [2.45, 2.75) is 25.3 Å². The van der Waals surface area contributed by atoms with Gasteiger partial charge in [-0.25, -0.2) is 4.98 Å². The second-order valence-corrected chi connectivity index (χ2v) is 4.76. The summed E-state index contributed by atoms with van der Waals surface area (Å²) >= 11 is 0. The quantitative estimate of drug-likeness (QED) is 0.634. The highest BCUT2D eigenvalue weighted by molar-refractivity contribution is 5.96. The molecule has 0 aliphatic heterocycles. The Morgan fingerprint density at radius 1 is 1.39 bits per heavy atom. The largest absolute Gasteiger partial charge is 0.384 e. The first-order valence-electron chi connectivity index (χ1n) is 6.19. The first kappa shape index (κ1) is 11.0. The maximum Gasteiger partial charge on any atom is 0.123 e. The van der Waals surface area contributed by atoms with E-state index in [4.69, 9.17) is 11.1 Å². The lowest BCUT2D eigenvalue weighted by Crippen LogP contribution is -2.15. The molecule has 3 N–H and O–H groups in total. The number of nitrogens with one attached hydrogen (secondary N) is 1. The van der Waals surface area contributed by atoms with Crippen LogP contribution in [0.25, 0.3) is 0 Å². The van der Waals surface area contributed by atoms with Crippen molar-refractivity contribution in [3.05, 3.63) is 53.6 Å². The summed E-state index contributed by atoms with van der Waals surface area (Å²) in [6.07, 6.45) is 6.34.